The fourth-order valence-corrected chi connectivity index (χ4v) is 18.6. The van der Waals surface area contributed by atoms with Crippen LogP contribution >= 0.6 is 0 Å². The first-order valence-electron chi connectivity index (χ1n) is 51.4. The van der Waals surface area contributed by atoms with Crippen LogP contribution in [0.1, 0.15) is 136 Å². The Morgan fingerprint density at radius 2 is 0.613 bits per heavy atom. The van der Waals surface area contributed by atoms with Gasteiger partial charge in [-0.15, -0.1) is 0 Å². The summed E-state index contributed by atoms with van der Waals surface area (Å²) in [7, 11) is 0. The van der Waals surface area contributed by atoms with E-state index >= 15 is 0 Å². The SMILES string of the molecule is CC1=COC(C)(C)c2nc3c(N4CCOCC4)nc(-c4cnc(C)nc4)nc3n21.CC[C@@]1(C)OCCn2c1nc1c(N3CCOCC3)nc(-c3cnc(C)nc3)nc12.CC[C@]1(C)OCCn2c1nc1c(N3CCOCC3)nc(-c3cnc(C)nc3)nc12.Cc1ncc(-c2nc(N3CCOCC3)c3c(n2)N2CCOCC2CO3)cn1.[2H]C([2H])([2H])C1(C([2H])([2H])[2H])OCCn2c1nc1c(N3CCOCC3)nc(-c3cnc(C)nc3)nc12. The van der Waals surface area contributed by atoms with Crippen LogP contribution in [0, 0.1) is 34.6 Å². The molecule has 14 aromatic heterocycles. The van der Waals surface area contributed by atoms with Gasteiger partial charge in [-0.1, -0.05) is 13.8 Å². The van der Waals surface area contributed by atoms with Crippen molar-refractivity contribution in [3.63, 3.8) is 0 Å². The van der Waals surface area contributed by atoms with Gasteiger partial charge in [0, 0.05) is 162 Å². The molecule has 1 unspecified atom stereocenters. The van der Waals surface area contributed by atoms with Gasteiger partial charge in [-0.3, -0.25) is 4.57 Å². The second-order valence-corrected chi connectivity index (χ2v) is 36.8. The van der Waals surface area contributed by atoms with Gasteiger partial charge in [0.1, 0.15) is 76.3 Å². The quantitative estimate of drug-likeness (QED) is 0.110. The molecule has 45 nitrogen and oxygen atoms in total. The molecule has 742 valence electrons. The molecule has 0 N–H and O–H groups in total. The number of anilines is 6. The second-order valence-electron chi connectivity index (χ2n) is 36.8. The number of ether oxygens (including phenoxy) is 11. The topological polar surface area (TPSA) is 450 Å². The van der Waals surface area contributed by atoms with E-state index in [1.54, 1.807) is 75.2 Å². The summed E-state index contributed by atoms with van der Waals surface area (Å²) in [5, 5.41) is 0. The summed E-state index contributed by atoms with van der Waals surface area (Å²) in [6.45, 7) is 36.8. The summed E-state index contributed by atoms with van der Waals surface area (Å²) >= 11 is 0. The third kappa shape index (κ3) is 18.8. The van der Waals surface area contributed by atoms with Gasteiger partial charge in [0.2, 0.25) is 5.75 Å². The standard InChI is InChI=1S/C20H23N7O2.2C20H25N7O2.C19H23N7O2.C18H22N6O3/c1-12-11-29-20(3,4)19-23-15-17(26-5-7-28-8-6-26)24-16(25-18(15)27(12)19)14-9-21-13(2)22-10-14;2*1-4-20(3)19-23-15-17(26-5-8-28-9-6-26)24-16(14-11-21-13(2)22-12-14)25-18(15)27(19)7-10-29-20;1-12-20-10-13(11-21-12)15-23-16(25-4-7-27-8-5-25)14-17(24-15)26-6-9-28-19(2,3)18(26)22-14;1-12-19-8-13(9-20-12)16-21-17(23-2-5-25-6-3-23)15-18(22-16)24-4-7-26-10-14(24)11-27-15/h9-11H,5-8H2,1-4H3;2*11-12H,4-10H2,1-3H3;10-11H,4-9H2,1-3H3;8-9,14H,2-7,10-11H2,1H3/t;2*20-;;/m.10../s1/i;;;2D3,3D3;. The van der Waals surface area contributed by atoms with Crippen LogP contribution in [0.4, 0.5) is 34.9 Å². The lowest BCUT2D eigenvalue weighted by molar-refractivity contribution is -0.0696. The third-order valence-corrected chi connectivity index (χ3v) is 26.8. The number of rotatable bonds is 12. The zero-order valence-electron chi connectivity index (χ0n) is 87.8. The molecule has 0 aromatic carbocycles. The van der Waals surface area contributed by atoms with Gasteiger partial charge in [-0.25, -0.2) is 120 Å². The lowest BCUT2D eigenvalue weighted by atomic mass is 10.0. The van der Waals surface area contributed by atoms with Crippen molar-refractivity contribution in [3.8, 4) is 62.7 Å². The molecular weight excluding hydrogens is 1820 g/mol. The molecule has 11 aliphatic heterocycles. The molecule has 11 aliphatic rings. The molecule has 25 rings (SSSR count). The van der Waals surface area contributed by atoms with E-state index < -0.39 is 36.1 Å². The maximum atomic E-state index is 8.10. The van der Waals surface area contributed by atoms with Crippen molar-refractivity contribution in [3.05, 3.63) is 121 Å². The maximum absolute atomic E-state index is 8.10. The van der Waals surface area contributed by atoms with Gasteiger partial charge in [0.25, 0.3) is 0 Å². The molecule has 14 aromatic rings. The molecule has 6 fully saturated rings. The number of fused-ring (bicyclic) bond motifs is 15. The smallest absolute Gasteiger partial charge is 0.204 e. The van der Waals surface area contributed by atoms with Crippen molar-refractivity contribution in [2.75, 3.05) is 207 Å². The van der Waals surface area contributed by atoms with Gasteiger partial charge in [0.15, 0.2) is 120 Å². The number of imidazole rings is 4. The predicted molar refractivity (Wildman–Crippen MR) is 525 cm³/mol. The number of hydrogen-bond acceptors (Lipinski definition) is 41. The van der Waals surface area contributed by atoms with E-state index in [-0.39, 0.29) is 25.0 Å². The first-order valence-corrected chi connectivity index (χ1v) is 48.4. The lowest BCUT2D eigenvalue weighted by Gasteiger charge is -2.41. The molecule has 0 bridgehead atoms. The fourth-order valence-electron chi connectivity index (χ4n) is 18.6. The Morgan fingerprint density at radius 3 is 0.979 bits per heavy atom. The number of nitrogens with zero attached hydrogens (tertiary/aromatic N) is 34. The number of hydrogen-bond donors (Lipinski definition) is 0. The highest BCUT2D eigenvalue weighted by atomic mass is 16.5. The van der Waals surface area contributed by atoms with Gasteiger partial charge in [-0.05, 0) is 95.8 Å². The summed E-state index contributed by atoms with van der Waals surface area (Å²) < 4.78 is 120. The van der Waals surface area contributed by atoms with E-state index in [2.05, 4.69) is 126 Å². The van der Waals surface area contributed by atoms with Crippen LogP contribution in [0.25, 0.3) is 107 Å². The molecular formula is C97H118N34O11. The Kier molecular flexibility index (Phi) is 24.5. The monoisotopic (exact) mass is 1940 g/mol. The summed E-state index contributed by atoms with van der Waals surface area (Å²) in [5.41, 5.74) is 6.19. The average Bonchev–Trinajstić information content (AvgIpc) is 1.53. The van der Waals surface area contributed by atoms with E-state index in [9.17, 15) is 0 Å². The van der Waals surface area contributed by atoms with Crippen LogP contribution in [-0.2, 0) is 89.4 Å². The van der Waals surface area contributed by atoms with E-state index in [1.807, 2.05) is 53.4 Å². The number of allylic oxidation sites excluding steroid dienone is 1. The van der Waals surface area contributed by atoms with Gasteiger partial charge in [-0.2, -0.15) is 0 Å². The van der Waals surface area contributed by atoms with Crippen molar-refractivity contribution >= 4 is 85.3 Å². The fraction of sp³-hybridized carbons (Fsp3) is 0.526. The summed E-state index contributed by atoms with van der Waals surface area (Å²) in [5.74, 6) is 14.1. The van der Waals surface area contributed by atoms with Crippen LogP contribution in [-0.4, -0.2) is 322 Å². The van der Waals surface area contributed by atoms with Gasteiger partial charge >= 0.3 is 0 Å². The Labute approximate surface area is 827 Å². The van der Waals surface area contributed by atoms with E-state index in [0.717, 1.165) is 216 Å². The second kappa shape index (κ2) is 39.7. The summed E-state index contributed by atoms with van der Waals surface area (Å²) in [6, 6.07) is 0.181. The maximum Gasteiger partial charge on any atom is 0.204 e. The molecule has 0 saturated carbocycles. The first-order chi connectivity index (χ1) is 71.4. The molecule has 0 radical (unpaired) electrons. The molecule has 0 amide bonds. The zero-order chi connectivity index (χ0) is 103. The molecule has 0 aliphatic carbocycles. The minimum atomic E-state index is -3.00. The Bertz CT molecular complexity index is 7020. The molecule has 45 heteroatoms. The van der Waals surface area contributed by atoms with Crippen molar-refractivity contribution in [2.24, 2.45) is 0 Å². The lowest BCUT2D eigenvalue weighted by Crippen LogP contribution is -2.52. The average molecular weight is 1940 g/mol. The minimum Gasteiger partial charge on any atom is -0.486 e. The normalized spacial score (nSPS) is 21.5. The van der Waals surface area contributed by atoms with E-state index in [0.29, 0.717) is 176 Å². The number of aryl methyl sites for hydroxylation is 5. The Balaban J connectivity index is 0.000000109. The number of aromatic nitrogens is 28. The van der Waals surface area contributed by atoms with Crippen molar-refractivity contribution in [1.29, 1.82) is 0 Å². The predicted octanol–water partition coefficient (Wildman–Crippen LogP) is 9.05. The highest BCUT2D eigenvalue weighted by Gasteiger charge is 2.43. The molecule has 142 heavy (non-hydrogen) atoms. The van der Waals surface area contributed by atoms with Crippen LogP contribution < -0.4 is 34.1 Å². The largest absolute Gasteiger partial charge is 0.486 e. The van der Waals surface area contributed by atoms with Gasteiger partial charge < -0.3 is 95.2 Å². The molecule has 0 spiro atoms. The van der Waals surface area contributed by atoms with E-state index in [1.165, 1.54) is 4.57 Å². The van der Waals surface area contributed by atoms with E-state index in [4.69, 9.17) is 120 Å². The zero-order valence-corrected chi connectivity index (χ0v) is 81.8. The van der Waals surface area contributed by atoms with Crippen molar-refractivity contribution in [2.45, 2.75) is 158 Å². The van der Waals surface area contributed by atoms with Crippen molar-refractivity contribution in [1.82, 2.24) is 138 Å². The van der Waals surface area contributed by atoms with Crippen LogP contribution in [0.2, 0.25) is 0 Å². The summed E-state index contributed by atoms with van der Waals surface area (Å²) in [4.78, 5) is 124. The minimum absolute atomic E-state index is 0.116. The Hall–Kier alpha value is -13.5. The van der Waals surface area contributed by atoms with Crippen LogP contribution in [0.5, 0.6) is 5.75 Å². The van der Waals surface area contributed by atoms with Crippen molar-refractivity contribution < 1.29 is 60.3 Å². The van der Waals surface area contributed by atoms with Gasteiger partial charge in [0.05, 0.1) is 139 Å². The highest BCUT2D eigenvalue weighted by Crippen LogP contribution is 2.46. The van der Waals surface area contributed by atoms with Crippen LogP contribution in [0.3, 0.4) is 0 Å². The third-order valence-electron chi connectivity index (χ3n) is 26.8. The van der Waals surface area contributed by atoms with Crippen LogP contribution in [0.15, 0.2) is 68.2 Å². The molecule has 3 atom stereocenters. The number of morpholine rings is 6. The Morgan fingerprint density at radius 1 is 0.310 bits per heavy atom. The molecule has 6 saturated heterocycles. The molecule has 25 heterocycles. The highest BCUT2D eigenvalue weighted by molar-refractivity contribution is 5.91. The summed E-state index contributed by atoms with van der Waals surface area (Å²) in [6.07, 6.45) is 20.8. The first kappa shape index (κ1) is 87.5.